The molecule has 1 aromatic carbocycles. The number of likely N-dealkylation sites (tertiary alicyclic amines) is 1. The molecule has 0 bridgehead atoms. The zero-order valence-corrected chi connectivity index (χ0v) is 18.6. The van der Waals surface area contributed by atoms with Crippen molar-refractivity contribution in [1.29, 1.82) is 0 Å². The summed E-state index contributed by atoms with van der Waals surface area (Å²) in [7, 11) is 0. The van der Waals surface area contributed by atoms with Gasteiger partial charge in [0.15, 0.2) is 0 Å². The van der Waals surface area contributed by atoms with Crippen LogP contribution in [0.1, 0.15) is 42.4 Å². The number of amides is 2. The maximum Gasteiger partial charge on any atom is 0.257 e. The van der Waals surface area contributed by atoms with Crippen LogP contribution < -0.4 is 0 Å². The lowest BCUT2D eigenvalue weighted by Gasteiger charge is -2.33. The third-order valence-corrected chi connectivity index (χ3v) is 5.93. The van der Waals surface area contributed by atoms with Gasteiger partial charge in [-0.2, -0.15) is 0 Å². The Bertz CT molecular complexity index is 1060. The molecule has 8 nitrogen and oxygen atoms in total. The number of nitrogens with zero attached hydrogens (tertiary/aromatic N) is 4. The van der Waals surface area contributed by atoms with Gasteiger partial charge in [-0.15, -0.1) is 10.2 Å². The highest BCUT2D eigenvalue weighted by Crippen LogP contribution is 2.27. The molecule has 0 unspecified atom stereocenters. The Morgan fingerprint density at radius 1 is 1.19 bits per heavy atom. The van der Waals surface area contributed by atoms with Crippen LogP contribution in [0.2, 0.25) is 5.02 Å². The molecule has 0 radical (unpaired) electrons. The van der Waals surface area contributed by atoms with Crippen LogP contribution in [0, 0.1) is 5.92 Å². The number of furan rings is 1. The summed E-state index contributed by atoms with van der Waals surface area (Å²) >= 11 is 6.22. The van der Waals surface area contributed by atoms with E-state index in [1.165, 1.54) is 12.5 Å². The molecule has 0 N–H and O–H groups in total. The summed E-state index contributed by atoms with van der Waals surface area (Å²) in [6.07, 6.45) is 4.99. The van der Waals surface area contributed by atoms with Gasteiger partial charge < -0.3 is 18.6 Å². The maximum atomic E-state index is 13.2. The van der Waals surface area contributed by atoms with Gasteiger partial charge in [-0.3, -0.25) is 9.59 Å². The summed E-state index contributed by atoms with van der Waals surface area (Å²) in [4.78, 5) is 29.3. The van der Waals surface area contributed by atoms with E-state index in [9.17, 15) is 9.59 Å². The van der Waals surface area contributed by atoms with Crippen molar-refractivity contribution in [3.63, 3.8) is 0 Å². The van der Waals surface area contributed by atoms with E-state index in [1.54, 1.807) is 21.9 Å². The monoisotopic (exact) mass is 456 g/mol. The van der Waals surface area contributed by atoms with Gasteiger partial charge in [0.05, 0.1) is 29.0 Å². The number of aromatic nitrogens is 2. The highest BCUT2D eigenvalue weighted by Gasteiger charge is 2.31. The number of carbonyl (C=O) groups is 2. The van der Waals surface area contributed by atoms with Gasteiger partial charge in [0.25, 0.3) is 5.91 Å². The maximum absolute atomic E-state index is 13.2. The molecule has 3 heterocycles. The van der Waals surface area contributed by atoms with Crippen LogP contribution in [-0.4, -0.2) is 51.4 Å². The Kier molecular flexibility index (Phi) is 6.90. The number of piperidine rings is 1. The lowest BCUT2D eigenvalue weighted by atomic mass is 9.94. The number of carbonyl (C=O) groups excluding carboxylic acids is 2. The van der Waals surface area contributed by atoms with Crippen molar-refractivity contribution in [2.45, 2.75) is 32.7 Å². The Morgan fingerprint density at radius 3 is 2.66 bits per heavy atom. The molecule has 0 spiro atoms. The minimum absolute atomic E-state index is 0.0553. The van der Waals surface area contributed by atoms with Gasteiger partial charge in [-0.05, 0) is 37.5 Å². The van der Waals surface area contributed by atoms with Crippen molar-refractivity contribution in [2.24, 2.45) is 5.92 Å². The van der Waals surface area contributed by atoms with E-state index >= 15 is 0 Å². The summed E-state index contributed by atoms with van der Waals surface area (Å²) < 4.78 is 10.8. The van der Waals surface area contributed by atoms with Crippen LogP contribution >= 0.6 is 11.6 Å². The van der Waals surface area contributed by atoms with Crippen molar-refractivity contribution < 1.29 is 18.4 Å². The van der Waals surface area contributed by atoms with E-state index in [0.717, 1.165) is 6.42 Å². The Labute approximate surface area is 191 Å². The molecule has 0 saturated carbocycles. The summed E-state index contributed by atoms with van der Waals surface area (Å²) in [6, 6.07) is 8.91. The fraction of sp³-hybridized carbons (Fsp3) is 0.391. The second kappa shape index (κ2) is 9.99. The van der Waals surface area contributed by atoms with E-state index in [4.69, 9.17) is 20.4 Å². The van der Waals surface area contributed by atoms with E-state index < -0.39 is 0 Å². The normalized spacial score (nSPS) is 14.5. The van der Waals surface area contributed by atoms with Crippen molar-refractivity contribution in [1.82, 2.24) is 20.0 Å². The summed E-state index contributed by atoms with van der Waals surface area (Å²) in [6.45, 7) is 3.94. The van der Waals surface area contributed by atoms with Gasteiger partial charge in [-0.25, -0.2) is 0 Å². The molecule has 2 aromatic heterocycles. The van der Waals surface area contributed by atoms with E-state index in [2.05, 4.69) is 10.2 Å². The first kappa shape index (κ1) is 22.1. The predicted molar refractivity (Wildman–Crippen MR) is 118 cm³/mol. The molecule has 1 aliphatic rings. The predicted octanol–water partition coefficient (Wildman–Crippen LogP) is 4.27. The number of rotatable bonds is 7. The van der Waals surface area contributed by atoms with E-state index in [-0.39, 0.29) is 24.3 Å². The zero-order chi connectivity index (χ0) is 22.5. The van der Waals surface area contributed by atoms with Crippen molar-refractivity contribution in [3.8, 4) is 11.5 Å². The van der Waals surface area contributed by atoms with Crippen molar-refractivity contribution in [2.75, 3.05) is 19.6 Å². The van der Waals surface area contributed by atoms with Gasteiger partial charge in [0.1, 0.15) is 6.26 Å². The first-order valence-electron chi connectivity index (χ1n) is 10.7. The average molecular weight is 457 g/mol. The second-order valence-corrected chi connectivity index (χ2v) is 8.23. The standard InChI is InChI=1S/C23H25ClN4O4/c1-2-10-28(14-20-25-26-21(32-20)18-5-3-4-6-19(18)24)22(29)16-7-11-27(12-8-16)23(30)17-9-13-31-15-17/h3-6,9,13,15-16H,2,7-8,10-12,14H2,1H3. The highest BCUT2D eigenvalue weighted by atomic mass is 35.5. The van der Waals surface area contributed by atoms with Crippen molar-refractivity contribution >= 4 is 23.4 Å². The molecule has 1 saturated heterocycles. The first-order valence-corrected chi connectivity index (χ1v) is 11.1. The topological polar surface area (TPSA) is 92.7 Å². The zero-order valence-electron chi connectivity index (χ0n) is 17.9. The number of benzene rings is 1. The van der Waals surface area contributed by atoms with Crippen molar-refractivity contribution in [3.05, 3.63) is 59.3 Å². The lowest BCUT2D eigenvalue weighted by Crippen LogP contribution is -2.44. The Morgan fingerprint density at radius 2 is 1.97 bits per heavy atom. The third kappa shape index (κ3) is 4.85. The third-order valence-electron chi connectivity index (χ3n) is 5.60. The summed E-state index contributed by atoms with van der Waals surface area (Å²) in [5.74, 6) is 0.559. The summed E-state index contributed by atoms with van der Waals surface area (Å²) in [5, 5.41) is 8.74. The van der Waals surface area contributed by atoms with Crippen LogP contribution in [-0.2, 0) is 11.3 Å². The van der Waals surface area contributed by atoms with Crippen LogP contribution in [0.5, 0.6) is 0 Å². The largest absolute Gasteiger partial charge is 0.472 e. The molecule has 168 valence electrons. The fourth-order valence-corrected chi connectivity index (χ4v) is 4.13. The Hall–Kier alpha value is -3.13. The van der Waals surface area contributed by atoms with E-state index in [1.807, 2.05) is 25.1 Å². The average Bonchev–Trinajstić information content (AvgIpc) is 3.51. The van der Waals surface area contributed by atoms with Gasteiger partial charge in [0.2, 0.25) is 17.7 Å². The fourth-order valence-electron chi connectivity index (χ4n) is 3.92. The molecule has 4 rings (SSSR count). The molecular weight excluding hydrogens is 432 g/mol. The second-order valence-electron chi connectivity index (χ2n) is 7.82. The van der Waals surface area contributed by atoms with Crippen LogP contribution in [0.4, 0.5) is 0 Å². The Balaban J connectivity index is 1.38. The van der Waals surface area contributed by atoms with E-state index in [0.29, 0.717) is 60.4 Å². The molecule has 2 amide bonds. The lowest BCUT2D eigenvalue weighted by molar-refractivity contribution is -0.138. The van der Waals surface area contributed by atoms with Crippen LogP contribution in [0.25, 0.3) is 11.5 Å². The minimum Gasteiger partial charge on any atom is -0.472 e. The summed E-state index contributed by atoms with van der Waals surface area (Å²) in [5.41, 5.74) is 1.20. The molecule has 0 atom stereocenters. The SMILES string of the molecule is CCCN(Cc1nnc(-c2ccccc2Cl)o1)C(=O)C1CCN(C(=O)c2ccoc2)CC1. The molecule has 0 aliphatic carbocycles. The van der Waals surface area contributed by atoms with Crippen LogP contribution in [0.15, 0.2) is 51.7 Å². The smallest absolute Gasteiger partial charge is 0.257 e. The number of halogens is 1. The van der Waals surface area contributed by atoms with Gasteiger partial charge in [0, 0.05) is 25.6 Å². The first-order chi connectivity index (χ1) is 15.6. The molecule has 32 heavy (non-hydrogen) atoms. The quantitative estimate of drug-likeness (QED) is 0.527. The number of hydrogen-bond donors (Lipinski definition) is 0. The molecule has 1 fully saturated rings. The minimum atomic E-state index is -0.138. The molecule has 1 aliphatic heterocycles. The molecule has 9 heteroatoms. The van der Waals surface area contributed by atoms with Gasteiger partial charge in [-0.1, -0.05) is 30.7 Å². The molecular formula is C23H25ClN4O4. The van der Waals surface area contributed by atoms with Gasteiger partial charge >= 0.3 is 0 Å². The highest BCUT2D eigenvalue weighted by molar-refractivity contribution is 6.33. The molecule has 3 aromatic rings. The van der Waals surface area contributed by atoms with Crippen LogP contribution in [0.3, 0.4) is 0 Å². The number of hydrogen-bond acceptors (Lipinski definition) is 6.